The quantitative estimate of drug-likeness (QED) is 0.424. The molecule has 84 valence electrons. The van der Waals surface area contributed by atoms with E-state index in [2.05, 4.69) is 0 Å². The lowest BCUT2D eigenvalue weighted by Gasteiger charge is -2.00. The van der Waals surface area contributed by atoms with Gasteiger partial charge in [-0.3, -0.25) is 0 Å². The average Bonchev–Trinajstić information content (AvgIpc) is 2.27. The van der Waals surface area contributed by atoms with Gasteiger partial charge in [0.25, 0.3) is 0 Å². The highest BCUT2D eigenvalue weighted by Crippen LogP contribution is 2.00. The maximum absolute atomic E-state index is 11.0. The molecule has 0 aromatic heterocycles. The van der Waals surface area contributed by atoms with Gasteiger partial charge in [-0.2, -0.15) is 0 Å². The number of carbonyl (C=O) groups excluding carboxylic acids is 1. The molecule has 0 amide bonds. The van der Waals surface area contributed by atoms with Gasteiger partial charge in [-0.05, 0) is 24.0 Å². The molecule has 0 aliphatic rings. The van der Waals surface area contributed by atoms with E-state index in [1.807, 2.05) is 0 Å². The lowest BCUT2D eigenvalue weighted by Crippen LogP contribution is -2.29. The second-order valence-corrected chi connectivity index (χ2v) is 3.13. The minimum absolute atomic E-state index is 0.332. The largest absolute Gasteiger partial charge is 0.488 e. The van der Waals surface area contributed by atoms with Gasteiger partial charge in [-0.15, -0.1) is 0 Å². The molecule has 0 saturated carbocycles. The Kier molecular flexibility index (Phi) is 4.76. The highest BCUT2D eigenvalue weighted by molar-refractivity contribution is 6.58. The molecule has 1 aromatic rings. The van der Waals surface area contributed by atoms with Crippen molar-refractivity contribution >= 4 is 24.6 Å². The van der Waals surface area contributed by atoms with Gasteiger partial charge in [0, 0.05) is 6.08 Å². The Morgan fingerprint density at radius 3 is 2.88 bits per heavy atom. The van der Waals surface area contributed by atoms with Crippen LogP contribution < -0.4 is 5.46 Å². The summed E-state index contributed by atoms with van der Waals surface area (Å²) in [5.41, 5.74) is 1.09. The second kappa shape index (κ2) is 6.10. The van der Waals surface area contributed by atoms with E-state index in [9.17, 15) is 4.79 Å². The molecule has 0 bridgehead atoms. The van der Waals surface area contributed by atoms with Gasteiger partial charge in [-0.25, -0.2) is 4.79 Å². The van der Waals surface area contributed by atoms with Gasteiger partial charge in [0.15, 0.2) is 0 Å². The summed E-state index contributed by atoms with van der Waals surface area (Å²) in [4.78, 5) is 11.0. The summed E-state index contributed by atoms with van der Waals surface area (Å²) in [5.74, 6) is -0.419. The lowest BCUT2D eigenvalue weighted by atomic mass is 9.79. The van der Waals surface area contributed by atoms with Crippen molar-refractivity contribution in [3.8, 4) is 0 Å². The fraction of sp³-hybridized carbons (Fsp3) is 0.182. The van der Waals surface area contributed by atoms with Crippen molar-refractivity contribution in [1.29, 1.82) is 0 Å². The van der Waals surface area contributed by atoms with Crippen LogP contribution in [0.15, 0.2) is 30.3 Å². The molecule has 0 radical (unpaired) electrons. The highest BCUT2D eigenvalue weighted by atomic mass is 16.5. The van der Waals surface area contributed by atoms with E-state index in [4.69, 9.17) is 14.8 Å². The van der Waals surface area contributed by atoms with Gasteiger partial charge in [0.05, 0.1) is 6.61 Å². The molecule has 0 aliphatic heterocycles. The van der Waals surface area contributed by atoms with E-state index in [1.165, 1.54) is 6.08 Å². The number of rotatable bonds is 4. The Morgan fingerprint density at radius 1 is 1.50 bits per heavy atom. The molecular formula is C11H13BO4. The molecule has 0 aliphatic carbocycles. The summed E-state index contributed by atoms with van der Waals surface area (Å²) in [6, 6.07) is 6.61. The van der Waals surface area contributed by atoms with Crippen LogP contribution in [0.25, 0.3) is 6.08 Å². The zero-order chi connectivity index (χ0) is 12.0. The monoisotopic (exact) mass is 220 g/mol. The van der Waals surface area contributed by atoms with E-state index in [1.54, 1.807) is 37.3 Å². The van der Waals surface area contributed by atoms with Gasteiger partial charge >= 0.3 is 13.1 Å². The molecule has 0 fully saturated rings. The van der Waals surface area contributed by atoms with Crippen LogP contribution in [0.5, 0.6) is 0 Å². The van der Waals surface area contributed by atoms with Crippen molar-refractivity contribution in [2.75, 3.05) is 6.61 Å². The van der Waals surface area contributed by atoms with E-state index in [-0.39, 0.29) is 0 Å². The molecule has 0 atom stereocenters. The van der Waals surface area contributed by atoms with E-state index >= 15 is 0 Å². The predicted molar refractivity (Wildman–Crippen MR) is 61.9 cm³/mol. The van der Waals surface area contributed by atoms with E-state index in [0.29, 0.717) is 17.6 Å². The van der Waals surface area contributed by atoms with Gasteiger partial charge in [0.2, 0.25) is 0 Å². The normalized spacial score (nSPS) is 10.4. The summed E-state index contributed by atoms with van der Waals surface area (Å²) in [5, 5.41) is 17.9. The van der Waals surface area contributed by atoms with Crippen LogP contribution >= 0.6 is 0 Å². The third-order valence-electron chi connectivity index (χ3n) is 1.91. The molecule has 1 rings (SSSR count). The predicted octanol–water partition coefficient (Wildman–Crippen LogP) is -0.0573. The van der Waals surface area contributed by atoms with Gasteiger partial charge in [-0.1, -0.05) is 24.3 Å². The molecule has 0 saturated heterocycles. The topological polar surface area (TPSA) is 66.8 Å². The fourth-order valence-corrected chi connectivity index (χ4v) is 1.18. The first-order valence-corrected chi connectivity index (χ1v) is 4.94. The SMILES string of the molecule is CCOC(=O)/C=C\c1cccc(B(O)O)c1. The van der Waals surface area contributed by atoms with Crippen molar-refractivity contribution in [1.82, 2.24) is 0 Å². The zero-order valence-electron chi connectivity index (χ0n) is 8.96. The minimum atomic E-state index is -1.50. The summed E-state index contributed by atoms with van der Waals surface area (Å²) in [7, 11) is -1.50. The van der Waals surface area contributed by atoms with Crippen molar-refractivity contribution in [2.24, 2.45) is 0 Å². The molecule has 1 aromatic carbocycles. The van der Waals surface area contributed by atoms with Crippen molar-refractivity contribution in [3.05, 3.63) is 35.9 Å². The number of hydrogen-bond donors (Lipinski definition) is 2. The van der Waals surface area contributed by atoms with E-state index in [0.717, 1.165) is 0 Å². The summed E-state index contributed by atoms with van der Waals surface area (Å²) >= 11 is 0. The molecular weight excluding hydrogens is 207 g/mol. The van der Waals surface area contributed by atoms with Crippen molar-refractivity contribution < 1.29 is 19.6 Å². The fourth-order valence-electron chi connectivity index (χ4n) is 1.18. The van der Waals surface area contributed by atoms with Crippen molar-refractivity contribution in [2.45, 2.75) is 6.92 Å². The van der Waals surface area contributed by atoms with Crippen LogP contribution in [0.3, 0.4) is 0 Å². The number of esters is 1. The van der Waals surface area contributed by atoms with Crippen LogP contribution in [0.2, 0.25) is 0 Å². The van der Waals surface area contributed by atoms with Crippen LogP contribution in [-0.4, -0.2) is 29.7 Å². The minimum Gasteiger partial charge on any atom is -0.463 e. The number of benzene rings is 1. The van der Waals surface area contributed by atoms with Crippen LogP contribution in [0.1, 0.15) is 12.5 Å². The third kappa shape index (κ3) is 3.88. The third-order valence-corrected chi connectivity index (χ3v) is 1.91. The number of hydrogen-bond acceptors (Lipinski definition) is 4. The molecule has 0 spiro atoms. The number of carbonyl (C=O) groups is 1. The highest BCUT2D eigenvalue weighted by Gasteiger charge is 2.09. The average molecular weight is 220 g/mol. The van der Waals surface area contributed by atoms with Gasteiger partial charge in [0.1, 0.15) is 0 Å². The first-order chi connectivity index (χ1) is 7.63. The molecule has 16 heavy (non-hydrogen) atoms. The van der Waals surface area contributed by atoms with Gasteiger partial charge < -0.3 is 14.8 Å². The Bertz CT molecular complexity index is 387. The Morgan fingerprint density at radius 2 is 2.25 bits per heavy atom. The van der Waals surface area contributed by atoms with Crippen LogP contribution in [-0.2, 0) is 9.53 Å². The van der Waals surface area contributed by atoms with E-state index < -0.39 is 13.1 Å². The molecule has 5 heteroatoms. The lowest BCUT2D eigenvalue weighted by molar-refractivity contribution is -0.137. The standard InChI is InChI=1S/C11H13BO4/c1-2-16-11(13)7-6-9-4-3-5-10(8-9)12(14)15/h3-8,14-15H,2H2,1H3/b7-6-. The summed E-state index contributed by atoms with van der Waals surface area (Å²) in [6.07, 6.45) is 2.86. The zero-order valence-corrected chi connectivity index (χ0v) is 8.96. The Balaban J connectivity index is 2.74. The Hall–Kier alpha value is -1.59. The maximum Gasteiger partial charge on any atom is 0.488 e. The Labute approximate surface area is 94.3 Å². The first kappa shape index (κ1) is 12.5. The molecule has 2 N–H and O–H groups in total. The summed E-state index contributed by atoms with van der Waals surface area (Å²) < 4.78 is 4.72. The van der Waals surface area contributed by atoms with Crippen LogP contribution in [0.4, 0.5) is 0 Å². The second-order valence-electron chi connectivity index (χ2n) is 3.13. The molecule has 0 heterocycles. The first-order valence-electron chi connectivity index (χ1n) is 4.94. The smallest absolute Gasteiger partial charge is 0.463 e. The molecule has 0 unspecified atom stereocenters. The maximum atomic E-state index is 11.0. The van der Waals surface area contributed by atoms with Crippen molar-refractivity contribution in [3.63, 3.8) is 0 Å². The summed E-state index contributed by atoms with van der Waals surface area (Å²) in [6.45, 7) is 2.06. The van der Waals surface area contributed by atoms with Crippen LogP contribution in [0, 0.1) is 0 Å². The molecule has 4 nitrogen and oxygen atoms in total. The number of ether oxygens (including phenoxy) is 1.